The van der Waals surface area contributed by atoms with Gasteiger partial charge in [0, 0.05) is 5.02 Å². The Labute approximate surface area is 134 Å². The summed E-state index contributed by atoms with van der Waals surface area (Å²) in [6.45, 7) is 2.14. The number of rotatable bonds is 4. The average molecular weight is 369 g/mol. The van der Waals surface area contributed by atoms with E-state index in [4.69, 9.17) is 25.2 Å². The van der Waals surface area contributed by atoms with Crippen molar-refractivity contribution in [1.29, 1.82) is 0 Å². The van der Waals surface area contributed by atoms with E-state index in [-0.39, 0.29) is 0 Å². The summed E-state index contributed by atoms with van der Waals surface area (Å²) in [6.07, 6.45) is 1.58. The van der Waals surface area contributed by atoms with Gasteiger partial charge in [0.1, 0.15) is 23.8 Å². The molecule has 6 heteroatoms. The van der Waals surface area contributed by atoms with Gasteiger partial charge in [0.15, 0.2) is 5.76 Å². The Morgan fingerprint density at radius 2 is 2.19 bits per heavy atom. The third-order valence-corrected chi connectivity index (χ3v) is 3.74. The minimum atomic E-state index is 0.302. The molecule has 0 spiro atoms. The Balaban J connectivity index is 1.76. The summed E-state index contributed by atoms with van der Waals surface area (Å²) in [5.41, 5.74) is 0.725. The second kappa shape index (κ2) is 5.95. The van der Waals surface area contributed by atoms with E-state index in [1.807, 2.05) is 6.92 Å². The first-order valence-corrected chi connectivity index (χ1v) is 7.38. The summed E-state index contributed by atoms with van der Waals surface area (Å²) < 4.78 is 17.4. The topological polar surface area (TPSA) is 48.4 Å². The smallest absolute Gasteiger partial charge is 0.263 e. The Kier molecular flexibility index (Phi) is 4.03. The number of aromatic nitrogens is 1. The summed E-state index contributed by atoms with van der Waals surface area (Å²) in [5.74, 6) is 2.44. The maximum Gasteiger partial charge on any atom is 0.263 e. The molecule has 0 saturated heterocycles. The summed E-state index contributed by atoms with van der Waals surface area (Å²) in [6, 6.07) is 8.93. The number of halogens is 2. The number of nitrogens with zero attached hydrogens (tertiary/aromatic N) is 1. The number of hydrogen-bond donors (Lipinski definition) is 0. The molecule has 4 nitrogen and oxygen atoms in total. The molecular weight excluding hydrogens is 358 g/mol. The Bertz CT molecular complexity index is 752. The van der Waals surface area contributed by atoms with Crippen LogP contribution in [0.15, 0.2) is 49.9 Å². The van der Waals surface area contributed by atoms with Crippen LogP contribution < -0.4 is 4.74 Å². The number of furan rings is 1. The normalized spacial score (nSPS) is 10.8. The van der Waals surface area contributed by atoms with Crippen molar-refractivity contribution in [1.82, 2.24) is 4.98 Å². The maximum atomic E-state index is 5.90. The molecule has 2 heterocycles. The van der Waals surface area contributed by atoms with Crippen molar-refractivity contribution < 1.29 is 13.6 Å². The van der Waals surface area contributed by atoms with Gasteiger partial charge < -0.3 is 13.6 Å². The minimum Gasteiger partial charge on any atom is -0.486 e. The number of benzene rings is 1. The van der Waals surface area contributed by atoms with Gasteiger partial charge in [0.25, 0.3) is 5.89 Å². The van der Waals surface area contributed by atoms with Gasteiger partial charge in [-0.05, 0) is 53.2 Å². The molecule has 0 radical (unpaired) electrons. The zero-order valence-corrected chi connectivity index (χ0v) is 13.4. The van der Waals surface area contributed by atoms with E-state index in [1.54, 1.807) is 36.6 Å². The van der Waals surface area contributed by atoms with Crippen molar-refractivity contribution in [2.45, 2.75) is 13.5 Å². The van der Waals surface area contributed by atoms with Crippen LogP contribution in [0, 0.1) is 6.92 Å². The standard InChI is InChI=1S/C15H11BrClNO3/c1-9-12(18-15(21-9)14-3-2-6-19-14)8-20-13-5-4-10(17)7-11(13)16/h2-7H,8H2,1H3. The van der Waals surface area contributed by atoms with Crippen molar-refractivity contribution in [3.8, 4) is 17.4 Å². The monoisotopic (exact) mass is 367 g/mol. The summed E-state index contributed by atoms with van der Waals surface area (Å²) in [5, 5.41) is 0.645. The highest BCUT2D eigenvalue weighted by Crippen LogP contribution is 2.29. The minimum absolute atomic E-state index is 0.302. The molecular formula is C15H11BrClNO3. The highest BCUT2D eigenvalue weighted by molar-refractivity contribution is 9.10. The van der Waals surface area contributed by atoms with E-state index >= 15 is 0 Å². The van der Waals surface area contributed by atoms with Crippen LogP contribution >= 0.6 is 27.5 Å². The fraction of sp³-hybridized carbons (Fsp3) is 0.133. The molecule has 0 fully saturated rings. The van der Waals surface area contributed by atoms with E-state index < -0.39 is 0 Å². The average Bonchev–Trinajstić information content (AvgIpc) is 3.07. The number of hydrogen-bond acceptors (Lipinski definition) is 4. The van der Waals surface area contributed by atoms with E-state index in [2.05, 4.69) is 20.9 Å². The number of ether oxygens (including phenoxy) is 1. The van der Waals surface area contributed by atoms with E-state index in [0.29, 0.717) is 34.8 Å². The Morgan fingerprint density at radius 3 is 2.90 bits per heavy atom. The quantitative estimate of drug-likeness (QED) is 0.632. The van der Waals surface area contributed by atoms with Gasteiger partial charge in [-0.1, -0.05) is 11.6 Å². The molecule has 108 valence electrons. The highest BCUT2D eigenvalue weighted by atomic mass is 79.9. The highest BCUT2D eigenvalue weighted by Gasteiger charge is 2.14. The molecule has 1 aromatic carbocycles. The predicted octanol–water partition coefficient (Wildman–Crippen LogP) is 5.24. The lowest BCUT2D eigenvalue weighted by atomic mass is 10.3. The third-order valence-electron chi connectivity index (χ3n) is 2.88. The largest absolute Gasteiger partial charge is 0.486 e. The van der Waals surface area contributed by atoms with Crippen molar-refractivity contribution in [2.75, 3.05) is 0 Å². The Morgan fingerprint density at radius 1 is 1.33 bits per heavy atom. The zero-order chi connectivity index (χ0) is 14.8. The van der Waals surface area contributed by atoms with Crippen LogP contribution in [0.3, 0.4) is 0 Å². The first kappa shape index (κ1) is 14.2. The van der Waals surface area contributed by atoms with Gasteiger partial charge >= 0.3 is 0 Å². The van der Waals surface area contributed by atoms with Gasteiger partial charge in [-0.25, -0.2) is 4.98 Å². The van der Waals surface area contributed by atoms with Crippen LogP contribution in [0.1, 0.15) is 11.5 Å². The maximum absolute atomic E-state index is 5.90. The molecule has 0 atom stereocenters. The molecule has 0 aliphatic heterocycles. The SMILES string of the molecule is Cc1oc(-c2ccco2)nc1COc1ccc(Cl)cc1Br. The molecule has 0 saturated carbocycles. The van der Waals surface area contributed by atoms with Crippen LogP contribution in [-0.2, 0) is 6.61 Å². The lowest BCUT2D eigenvalue weighted by Gasteiger charge is -2.06. The molecule has 0 unspecified atom stereocenters. The van der Waals surface area contributed by atoms with E-state index in [0.717, 1.165) is 10.2 Å². The van der Waals surface area contributed by atoms with Gasteiger partial charge in [0.2, 0.25) is 0 Å². The van der Waals surface area contributed by atoms with Crippen molar-refractivity contribution in [2.24, 2.45) is 0 Å². The van der Waals surface area contributed by atoms with Gasteiger partial charge in [-0.2, -0.15) is 0 Å². The predicted molar refractivity (Wildman–Crippen MR) is 82.4 cm³/mol. The molecule has 3 aromatic rings. The molecule has 0 aliphatic rings. The lowest BCUT2D eigenvalue weighted by Crippen LogP contribution is -1.98. The second-order valence-electron chi connectivity index (χ2n) is 4.36. The fourth-order valence-corrected chi connectivity index (χ4v) is 2.60. The summed E-state index contributed by atoms with van der Waals surface area (Å²) in [4.78, 5) is 4.39. The van der Waals surface area contributed by atoms with Crippen LogP contribution in [-0.4, -0.2) is 4.98 Å². The zero-order valence-electron chi connectivity index (χ0n) is 11.1. The summed E-state index contributed by atoms with van der Waals surface area (Å²) >= 11 is 9.30. The summed E-state index contributed by atoms with van der Waals surface area (Å²) in [7, 11) is 0. The molecule has 0 bridgehead atoms. The van der Waals surface area contributed by atoms with Gasteiger partial charge in [0.05, 0.1) is 10.7 Å². The fourth-order valence-electron chi connectivity index (χ4n) is 1.81. The van der Waals surface area contributed by atoms with Crippen LogP contribution in [0.25, 0.3) is 11.7 Å². The lowest BCUT2D eigenvalue weighted by molar-refractivity contribution is 0.297. The van der Waals surface area contributed by atoms with Crippen molar-refractivity contribution in [3.63, 3.8) is 0 Å². The Hall–Kier alpha value is -1.72. The van der Waals surface area contributed by atoms with Crippen molar-refractivity contribution in [3.05, 3.63) is 57.5 Å². The van der Waals surface area contributed by atoms with Crippen LogP contribution in [0.5, 0.6) is 5.75 Å². The molecule has 3 rings (SSSR count). The van der Waals surface area contributed by atoms with E-state index in [1.165, 1.54) is 0 Å². The molecule has 21 heavy (non-hydrogen) atoms. The van der Waals surface area contributed by atoms with Crippen LogP contribution in [0.4, 0.5) is 0 Å². The number of aryl methyl sites for hydroxylation is 1. The van der Waals surface area contributed by atoms with Crippen molar-refractivity contribution >= 4 is 27.5 Å². The first-order chi connectivity index (χ1) is 10.1. The third kappa shape index (κ3) is 3.14. The van der Waals surface area contributed by atoms with Gasteiger partial charge in [-0.3, -0.25) is 0 Å². The molecule has 2 aromatic heterocycles. The first-order valence-electron chi connectivity index (χ1n) is 6.21. The van der Waals surface area contributed by atoms with Gasteiger partial charge in [-0.15, -0.1) is 0 Å². The van der Waals surface area contributed by atoms with Crippen LogP contribution in [0.2, 0.25) is 5.02 Å². The number of oxazole rings is 1. The molecule has 0 aliphatic carbocycles. The molecule has 0 amide bonds. The second-order valence-corrected chi connectivity index (χ2v) is 5.65. The van der Waals surface area contributed by atoms with E-state index in [9.17, 15) is 0 Å². The molecule has 0 N–H and O–H groups in total.